The first kappa shape index (κ1) is 11.7. The molecule has 0 aliphatic carbocycles. The number of rotatable bonds is 2. The highest BCUT2D eigenvalue weighted by atomic mass is 16.2. The number of nitriles is 1. The first-order valence-electron chi connectivity index (χ1n) is 5.23. The van der Waals surface area contributed by atoms with E-state index in [1.54, 1.807) is 24.3 Å². The number of anilines is 2. The lowest BCUT2D eigenvalue weighted by molar-refractivity contribution is 0.0901. The molecule has 0 atom stereocenters. The van der Waals surface area contributed by atoms with Crippen molar-refractivity contribution in [1.29, 1.82) is 5.26 Å². The van der Waals surface area contributed by atoms with Crippen molar-refractivity contribution in [1.82, 2.24) is 9.78 Å². The van der Waals surface area contributed by atoms with Gasteiger partial charge < -0.3 is 11.5 Å². The van der Waals surface area contributed by atoms with E-state index >= 15 is 0 Å². The molecule has 0 aliphatic rings. The van der Waals surface area contributed by atoms with E-state index in [0.29, 0.717) is 5.69 Å². The number of carbonyl (C=O) groups excluding carboxylic acids is 1. The van der Waals surface area contributed by atoms with E-state index in [-0.39, 0.29) is 23.7 Å². The minimum absolute atomic E-state index is 0.0675. The highest BCUT2D eigenvalue weighted by molar-refractivity contribution is 5.84. The van der Waals surface area contributed by atoms with E-state index < -0.39 is 0 Å². The highest BCUT2D eigenvalue weighted by Crippen LogP contribution is 2.12. The third-order valence-corrected chi connectivity index (χ3v) is 2.50. The van der Waals surface area contributed by atoms with Crippen molar-refractivity contribution in [2.24, 2.45) is 0 Å². The smallest absolute Gasteiger partial charge is 0.253 e. The molecule has 0 unspecified atom stereocenters. The van der Waals surface area contributed by atoms with Gasteiger partial charge in [0.25, 0.3) is 5.91 Å². The van der Waals surface area contributed by atoms with Gasteiger partial charge >= 0.3 is 0 Å². The Morgan fingerprint density at radius 1 is 1.33 bits per heavy atom. The van der Waals surface area contributed by atoms with E-state index in [0.717, 1.165) is 10.2 Å². The van der Waals surface area contributed by atoms with E-state index in [4.69, 9.17) is 16.7 Å². The number of hydrogen-bond donors (Lipinski definition) is 2. The molecule has 4 N–H and O–H groups in total. The molecule has 90 valence electrons. The van der Waals surface area contributed by atoms with Crippen molar-refractivity contribution in [3.05, 3.63) is 41.6 Å². The van der Waals surface area contributed by atoms with Crippen LogP contribution in [0.4, 0.5) is 11.5 Å². The fourth-order valence-corrected chi connectivity index (χ4v) is 1.53. The summed E-state index contributed by atoms with van der Waals surface area (Å²) in [6.07, 6.45) is 1.42. The number of carbonyl (C=O) groups is 1. The minimum Gasteiger partial charge on any atom is -0.399 e. The fraction of sp³-hybridized carbons (Fsp3) is 0.0833. The molecular weight excluding hydrogens is 230 g/mol. The second kappa shape index (κ2) is 4.59. The quantitative estimate of drug-likeness (QED) is 0.755. The summed E-state index contributed by atoms with van der Waals surface area (Å²) in [5.74, 6) is -0.225. The van der Waals surface area contributed by atoms with Gasteiger partial charge in [-0.25, -0.2) is 0 Å². The van der Waals surface area contributed by atoms with Crippen molar-refractivity contribution < 1.29 is 4.79 Å². The van der Waals surface area contributed by atoms with E-state index in [2.05, 4.69) is 5.10 Å². The van der Waals surface area contributed by atoms with Crippen molar-refractivity contribution >= 4 is 17.4 Å². The van der Waals surface area contributed by atoms with Crippen LogP contribution in [-0.4, -0.2) is 15.7 Å². The van der Waals surface area contributed by atoms with Crippen LogP contribution in [0.5, 0.6) is 0 Å². The van der Waals surface area contributed by atoms with Crippen LogP contribution >= 0.6 is 0 Å². The largest absolute Gasteiger partial charge is 0.399 e. The molecule has 0 bridgehead atoms. The van der Waals surface area contributed by atoms with Crippen molar-refractivity contribution in [2.45, 2.75) is 6.42 Å². The highest BCUT2D eigenvalue weighted by Gasteiger charge is 2.13. The van der Waals surface area contributed by atoms with Gasteiger partial charge in [-0.05, 0) is 17.7 Å². The Morgan fingerprint density at radius 2 is 2.00 bits per heavy atom. The van der Waals surface area contributed by atoms with E-state index in [1.807, 2.05) is 6.07 Å². The number of hydrogen-bond acceptors (Lipinski definition) is 5. The average molecular weight is 241 g/mol. The summed E-state index contributed by atoms with van der Waals surface area (Å²) in [7, 11) is 0. The Balaban J connectivity index is 2.20. The Labute approximate surface area is 103 Å². The minimum atomic E-state index is -0.293. The monoisotopic (exact) mass is 241 g/mol. The van der Waals surface area contributed by atoms with Crippen LogP contribution in [0.25, 0.3) is 0 Å². The predicted molar refractivity (Wildman–Crippen MR) is 66.5 cm³/mol. The molecule has 0 aliphatic heterocycles. The van der Waals surface area contributed by atoms with E-state index in [1.165, 1.54) is 6.20 Å². The number of benzene rings is 1. The van der Waals surface area contributed by atoms with Gasteiger partial charge in [0.1, 0.15) is 17.5 Å². The summed E-state index contributed by atoms with van der Waals surface area (Å²) in [5, 5.41) is 12.5. The lowest BCUT2D eigenvalue weighted by atomic mass is 10.1. The van der Waals surface area contributed by atoms with Gasteiger partial charge in [-0.15, -0.1) is 0 Å². The first-order chi connectivity index (χ1) is 8.61. The zero-order chi connectivity index (χ0) is 13.1. The molecule has 0 saturated carbocycles. The maximum absolute atomic E-state index is 11.9. The molecule has 1 heterocycles. The molecule has 2 aromatic rings. The van der Waals surface area contributed by atoms with Crippen LogP contribution in [-0.2, 0) is 6.42 Å². The zero-order valence-corrected chi connectivity index (χ0v) is 9.50. The Morgan fingerprint density at radius 3 is 2.56 bits per heavy atom. The maximum Gasteiger partial charge on any atom is 0.253 e. The SMILES string of the molecule is N#Cc1cnn(C(=O)Cc2ccc(N)cc2)c1N. The van der Waals surface area contributed by atoms with Crippen LogP contribution in [0.2, 0.25) is 0 Å². The standard InChI is InChI=1S/C12H11N5O/c13-6-9-7-16-17(12(9)15)11(18)5-8-1-3-10(14)4-2-8/h1-4,7H,5,14-15H2. The first-order valence-corrected chi connectivity index (χ1v) is 5.23. The summed E-state index contributed by atoms with van der Waals surface area (Å²) >= 11 is 0. The third-order valence-electron chi connectivity index (χ3n) is 2.50. The second-order valence-corrected chi connectivity index (χ2v) is 3.78. The molecule has 2 rings (SSSR count). The molecule has 1 aromatic heterocycles. The molecule has 6 nitrogen and oxygen atoms in total. The van der Waals surface area contributed by atoms with Gasteiger partial charge in [-0.2, -0.15) is 15.0 Å². The Kier molecular flexibility index (Phi) is 2.98. The van der Waals surface area contributed by atoms with Crippen LogP contribution in [0.15, 0.2) is 30.5 Å². The Hall–Kier alpha value is -2.81. The van der Waals surface area contributed by atoms with Gasteiger partial charge in [-0.3, -0.25) is 4.79 Å². The van der Waals surface area contributed by atoms with Gasteiger partial charge in [0.15, 0.2) is 0 Å². The average Bonchev–Trinajstić information content (AvgIpc) is 2.73. The maximum atomic E-state index is 11.9. The van der Waals surface area contributed by atoms with Crippen LogP contribution in [0, 0.1) is 11.3 Å². The topological polar surface area (TPSA) is 111 Å². The number of aromatic nitrogens is 2. The molecule has 0 saturated heterocycles. The Bertz CT molecular complexity index is 621. The summed E-state index contributed by atoms with van der Waals surface area (Å²) in [6, 6.07) is 8.82. The fourth-order valence-electron chi connectivity index (χ4n) is 1.53. The number of nitrogen functional groups attached to an aromatic ring is 2. The number of nitrogens with two attached hydrogens (primary N) is 2. The number of nitrogens with zero attached hydrogens (tertiary/aromatic N) is 3. The van der Waals surface area contributed by atoms with Crippen LogP contribution < -0.4 is 11.5 Å². The second-order valence-electron chi connectivity index (χ2n) is 3.78. The van der Waals surface area contributed by atoms with Gasteiger partial charge in [-0.1, -0.05) is 12.1 Å². The lowest BCUT2D eigenvalue weighted by Gasteiger charge is -2.03. The third kappa shape index (κ3) is 2.15. The molecule has 0 amide bonds. The summed E-state index contributed by atoms with van der Waals surface area (Å²) < 4.78 is 1.04. The predicted octanol–water partition coefficient (Wildman–Crippen LogP) is 0.802. The van der Waals surface area contributed by atoms with Crippen LogP contribution in [0.3, 0.4) is 0 Å². The summed E-state index contributed by atoms with van der Waals surface area (Å²) in [5.41, 5.74) is 12.8. The van der Waals surface area contributed by atoms with Gasteiger partial charge in [0.05, 0.1) is 12.6 Å². The van der Waals surface area contributed by atoms with E-state index in [9.17, 15) is 4.79 Å². The normalized spacial score (nSPS) is 9.94. The van der Waals surface area contributed by atoms with Gasteiger partial charge in [0.2, 0.25) is 0 Å². The van der Waals surface area contributed by atoms with Crippen molar-refractivity contribution in [3.63, 3.8) is 0 Å². The molecule has 1 aromatic carbocycles. The zero-order valence-electron chi connectivity index (χ0n) is 9.50. The molecular formula is C12H11N5O. The molecule has 0 fully saturated rings. The molecule has 0 spiro atoms. The molecule has 6 heteroatoms. The summed E-state index contributed by atoms with van der Waals surface area (Å²) in [4.78, 5) is 11.9. The van der Waals surface area contributed by atoms with Gasteiger partial charge in [0, 0.05) is 5.69 Å². The lowest BCUT2D eigenvalue weighted by Crippen LogP contribution is -2.17. The molecule has 18 heavy (non-hydrogen) atoms. The van der Waals surface area contributed by atoms with Crippen LogP contribution in [0.1, 0.15) is 15.9 Å². The molecule has 0 radical (unpaired) electrons. The van der Waals surface area contributed by atoms with Crippen molar-refractivity contribution in [3.8, 4) is 6.07 Å². The summed E-state index contributed by atoms with van der Waals surface area (Å²) in [6.45, 7) is 0. The van der Waals surface area contributed by atoms with Crippen molar-refractivity contribution in [2.75, 3.05) is 11.5 Å².